The van der Waals surface area contributed by atoms with Gasteiger partial charge in [0.05, 0.1) is 19.3 Å². The SMILES string of the molecule is COc1ccc(C#CCN)cc1NC(=O)CC(C)(C)C. The van der Waals surface area contributed by atoms with Gasteiger partial charge in [-0.05, 0) is 23.6 Å². The van der Waals surface area contributed by atoms with Crippen LogP contribution >= 0.6 is 0 Å². The minimum atomic E-state index is -0.0612. The molecule has 0 saturated heterocycles. The molecule has 0 atom stereocenters. The summed E-state index contributed by atoms with van der Waals surface area (Å²) in [6, 6.07) is 5.41. The van der Waals surface area contributed by atoms with E-state index in [1.165, 1.54) is 0 Å². The summed E-state index contributed by atoms with van der Waals surface area (Å²) in [4.78, 5) is 12.0. The van der Waals surface area contributed by atoms with Crippen molar-refractivity contribution in [1.29, 1.82) is 0 Å². The first-order chi connectivity index (χ1) is 9.35. The predicted octanol–water partition coefficient (Wildman–Crippen LogP) is 2.38. The maximum absolute atomic E-state index is 12.0. The maximum atomic E-state index is 12.0. The van der Waals surface area contributed by atoms with E-state index in [1.54, 1.807) is 19.2 Å². The van der Waals surface area contributed by atoms with E-state index in [9.17, 15) is 4.79 Å². The first-order valence-electron chi connectivity index (χ1n) is 6.52. The van der Waals surface area contributed by atoms with Crippen molar-refractivity contribution in [2.75, 3.05) is 19.0 Å². The van der Waals surface area contributed by atoms with Gasteiger partial charge in [0, 0.05) is 12.0 Å². The van der Waals surface area contributed by atoms with Gasteiger partial charge in [-0.2, -0.15) is 0 Å². The molecule has 0 aliphatic carbocycles. The monoisotopic (exact) mass is 274 g/mol. The highest BCUT2D eigenvalue weighted by Gasteiger charge is 2.17. The topological polar surface area (TPSA) is 64.3 Å². The quantitative estimate of drug-likeness (QED) is 0.832. The van der Waals surface area contributed by atoms with Gasteiger partial charge < -0.3 is 15.8 Å². The lowest BCUT2D eigenvalue weighted by atomic mass is 9.92. The number of hydrogen-bond donors (Lipinski definition) is 2. The van der Waals surface area contributed by atoms with E-state index < -0.39 is 0 Å². The van der Waals surface area contributed by atoms with E-state index in [0.29, 0.717) is 24.4 Å². The fourth-order valence-corrected chi connectivity index (χ4v) is 1.71. The Morgan fingerprint density at radius 1 is 1.40 bits per heavy atom. The molecule has 0 radical (unpaired) electrons. The second kappa shape index (κ2) is 6.97. The number of nitrogens with one attached hydrogen (secondary N) is 1. The summed E-state index contributed by atoms with van der Waals surface area (Å²) >= 11 is 0. The third-order valence-electron chi connectivity index (χ3n) is 2.50. The van der Waals surface area contributed by atoms with Crippen LogP contribution in [0.4, 0.5) is 5.69 Å². The molecule has 0 unspecified atom stereocenters. The van der Waals surface area contributed by atoms with Gasteiger partial charge in [0.1, 0.15) is 5.75 Å². The lowest BCUT2D eigenvalue weighted by Gasteiger charge is -2.18. The van der Waals surface area contributed by atoms with E-state index in [2.05, 4.69) is 17.2 Å². The minimum Gasteiger partial charge on any atom is -0.495 e. The van der Waals surface area contributed by atoms with Gasteiger partial charge in [0.25, 0.3) is 0 Å². The fourth-order valence-electron chi connectivity index (χ4n) is 1.71. The molecule has 108 valence electrons. The van der Waals surface area contributed by atoms with Gasteiger partial charge in [-0.15, -0.1) is 0 Å². The highest BCUT2D eigenvalue weighted by molar-refractivity contribution is 5.92. The first kappa shape index (κ1) is 16.1. The Hall–Kier alpha value is -1.99. The zero-order valence-electron chi connectivity index (χ0n) is 12.5. The van der Waals surface area contributed by atoms with Crippen molar-refractivity contribution in [1.82, 2.24) is 0 Å². The molecule has 1 rings (SSSR count). The number of nitrogens with two attached hydrogens (primary N) is 1. The van der Waals surface area contributed by atoms with Gasteiger partial charge in [-0.3, -0.25) is 4.79 Å². The van der Waals surface area contributed by atoms with Gasteiger partial charge in [-0.1, -0.05) is 32.6 Å². The molecule has 20 heavy (non-hydrogen) atoms. The fraction of sp³-hybridized carbons (Fsp3) is 0.438. The molecule has 4 nitrogen and oxygen atoms in total. The van der Waals surface area contributed by atoms with Crippen molar-refractivity contribution in [3.05, 3.63) is 23.8 Å². The molecule has 4 heteroatoms. The molecule has 0 spiro atoms. The Labute approximate surface area is 120 Å². The van der Waals surface area contributed by atoms with Crippen LogP contribution in [-0.4, -0.2) is 19.6 Å². The molecule has 1 aromatic rings. The van der Waals surface area contributed by atoms with Crippen molar-refractivity contribution >= 4 is 11.6 Å². The zero-order valence-corrected chi connectivity index (χ0v) is 12.5. The standard InChI is InChI=1S/C16H22N2O2/c1-16(2,3)11-15(19)18-13-10-12(6-5-9-17)7-8-14(13)20-4/h7-8,10H,9,11,17H2,1-4H3,(H,18,19). The normalized spacial score (nSPS) is 10.4. The van der Waals surface area contributed by atoms with Crippen molar-refractivity contribution in [3.63, 3.8) is 0 Å². The van der Waals surface area contributed by atoms with Gasteiger partial charge in [-0.25, -0.2) is 0 Å². The zero-order chi connectivity index (χ0) is 15.2. The van der Waals surface area contributed by atoms with Crippen molar-refractivity contribution in [2.24, 2.45) is 11.1 Å². The number of carbonyl (C=O) groups is 1. The molecule has 0 aliphatic rings. The molecule has 1 aromatic carbocycles. The Kier molecular flexibility index (Phi) is 5.60. The summed E-state index contributed by atoms with van der Waals surface area (Å²) in [6.45, 7) is 6.37. The smallest absolute Gasteiger partial charge is 0.224 e. The van der Waals surface area contributed by atoms with Crippen LogP contribution in [0.25, 0.3) is 0 Å². The minimum absolute atomic E-state index is 0.0419. The number of rotatable bonds is 3. The molecular formula is C16H22N2O2. The van der Waals surface area contributed by atoms with E-state index in [0.717, 1.165) is 5.56 Å². The Balaban J connectivity index is 2.94. The number of amides is 1. The number of benzene rings is 1. The average Bonchev–Trinajstić information content (AvgIpc) is 2.34. The van der Waals surface area contributed by atoms with E-state index >= 15 is 0 Å². The number of ether oxygens (including phenoxy) is 1. The van der Waals surface area contributed by atoms with Crippen molar-refractivity contribution in [3.8, 4) is 17.6 Å². The van der Waals surface area contributed by atoms with Crippen LogP contribution in [0.5, 0.6) is 5.75 Å². The molecule has 1 amide bonds. The first-order valence-corrected chi connectivity index (χ1v) is 6.52. The third-order valence-corrected chi connectivity index (χ3v) is 2.50. The Morgan fingerprint density at radius 3 is 2.65 bits per heavy atom. The van der Waals surface area contributed by atoms with E-state index in [1.807, 2.05) is 26.8 Å². The van der Waals surface area contributed by atoms with Crippen LogP contribution < -0.4 is 15.8 Å². The summed E-state index contributed by atoms with van der Waals surface area (Å²) in [6.07, 6.45) is 0.439. The molecule has 0 aromatic heterocycles. The summed E-state index contributed by atoms with van der Waals surface area (Å²) in [7, 11) is 1.57. The number of methoxy groups -OCH3 is 1. The molecule has 3 N–H and O–H groups in total. The summed E-state index contributed by atoms with van der Waals surface area (Å²) in [5, 5.41) is 2.87. The van der Waals surface area contributed by atoms with Crippen LogP contribution in [0.1, 0.15) is 32.8 Å². The molecule has 0 heterocycles. The van der Waals surface area contributed by atoms with Crippen molar-refractivity contribution in [2.45, 2.75) is 27.2 Å². The average molecular weight is 274 g/mol. The summed E-state index contributed by atoms with van der Waals surface area (Å²) in [5.74, 6) is 6.30. The highest BCUT2D eigenvalue weighted by Crippen LogP contribution is 2.27. The van der Waals surface area contributed by atoms with Crippen LogP contribution in [-0.2, 0) is 4.79 Å². The van der Waals surface area contributed by atoms with E-state index in [4.69, 9.17) is 10.5 Å². The summed E-state index contributed by atoms with van der Waals surface area (Å²) < 4.78 is 5.25. The molecular weight excluding hydrogens is 252 g/mol. The van der Waals surface area contributed by atoms with Crippen LogP contribution in [0.2, 0.25) is 0 Å². The third kappa shape index (κ3) is 5.33. The molecule has 0 bridgehead atoms. The molecule has 0 saturated carbocycles. The Morgan fingerprint density at radius 2 is 2.10 bits per heavy atom. The maximum Gasteiger partial charge on any atom is 0.224 e. The Bertz CT molecular complexity index is 534. The highest BCUT2D eigenvalue weighted by atomic mass is 16.5. The number of carbonyl (C=O) groups excluding carboxylic acids is 1. The lowest BCUT2D eigenvalue weighted by Crippen LogP contribution is -2.20. The van der Waals surface area contributed by atoms with Crippen LogP contribution in [0.3, 0.4) is 0 Å². The van der Waals surface area contributed by atoms with Crippen LogP contribution in [0, 0.1) is 17.3 Å². The summed E-state index contributed by atoms with van der Waals surface area (Å²) in [5.41, 5.74) is 6.72. The van der Waals surface area contributed by atoms with Gasteiger partial charge in [0.2, 0.25) is 5.91 Å². The number of hydrogen-bond acceptors (Lipinski definition) is 3. The van der Waals surface area contributed by atoms with Gasteiger partial charge >= 0.3 is 0 Å². The molecule has 0 aliphatic heterocycles. The van der Waals surface area contributed by atoms with Gasteiger partial charge in [0.15, 0.2) is 0 Å². The lowest BCUT2D eigenvalue weighted by molar-refractivity contribution is -0.117. The van der Waals surface area contributed by atoms with E-state index in [-0.39, 0.29) is 11.3 Å². The van der Waals surface area contributed by atoms with Crippen molar-refractivity contribution < 1.29 is 9.53 Å². The molecule has 0 fully saturated rings. The van der Waals surface area contributed by atoms with Crippen LogP contribution in [0.15, 0.2) is 18.2 Å². The number of anilines is 1. The largest absolute Gasteiger partial charge is 0.495 e. The second-order valence-corrected chi connectivity index (χ2v) is 5.71. The predicted molar refractivity (Wildman–Crippen MR) is 81.6 cm³/mol. The second-order valence-electron chi connectivity index (χ2n) is 5.71.